The zero-order chi connectivity index (χ0) is 17.6. The second-order valence-corrected chi connectivity index (χ2v) is 5.99. The first kappa shape index (κ1) is 17.0. The van der Waals surface area contributed by atoms with Gasteiger partial charge in [0.1, 0.15) is 5.75 Å². The molecule has 1 N–H and O–H groups in total. The predicted octanol–water partition coefficient (Wildman–Crippen LogP) is 3.57. The third-order valence-corrected chi connectivity index (χ3v) is 4.32. The van der Waals surface area contributed by atoms with E-state index in [0.717, 1.165) is 30.7 Å². The number of benzene rings is 2. The quantitative estimate of drug-likeness (QED) is 0.590. The van der Waals surface area contributed by atoms with Gasteiger partial charge in [-0.3, -0.25) is 14.5 Å². The molecular formula is C20H22N2O3. The lowest BCUT2D eigenvalue weighted by molar-refractivity contribution is 0.0651. The van der Waals surface area contributed by atoms with Gasteiger partial charge in [0.15, 0.2) is 0 Å². The van der Waals surface area contributed by atoms with Crippen molar-refractivity contribution < 1.29 is 14.3 Å². The number of amides is 2. The largest absolute Gasteiger partial charge is 0.494 e. The topological polar surface area (TPSA) is 58.6 Å². The molecular weight excluding hydrogens is 316 g/mol. The van der Waals surface area contributed by atoms with Crippen molar-refractivity contribution >= 4 is 17.5 Å². The third kappa shape index (κ3) is 3.82. The van der Waals surface area contributed by atoms with Gasteiger partial charge < -0.3 is 10.1 Å². The van der Waals surface area contributed by atoms with Gasteiger partial charge in [0.2, 0.25) is 0 Å². The molecule has 2 aromatic rings. The molecule has 0 spiro atoms. The van der Waals surface area contributed by atoms with Crippen molar-refractivity contribution in [1.82, 2.24) is 4.90 Å². The molecule has 0 aromatic heterocycles. The Morgan fingerprint density at radius 2 is 1.52 bits per heavy atom. The van der Waals surface area contributed by atoms with Gasteiger partial charge in [0, 0.05) is 19.3 Å². The number of hydrogen-bond donors (Lipinski definition) is 1. The Labute approximate surface area is 147 Å². The van der Waals surface area contributed by atoms with Crippen LogP contribution in [0.2, 0.25) is 0 Å². The predicted molar refractivity (Wildman–Crippen MR) is 97.1 cm³/mol. The maximum atomic E-state index is 12.2. The Morgan fingerprint density at radius 3 is 2.12 bits per heavy atom. The molecule has 2 amide bonds. The summed E-state index contributed by atoms with van der Waals surface area (Å²) in [5, 5.41) is 3.06. The van der Waals surface area contributed by atoms with E-state index in [4.69, 9.17) is 4.74 Å². The van der Waals surface area contributed by atoms with Gasteiger partial charge in [-0.25, -0.2) is 0 Å². The maximum Gasteiger partial charge on any atom is 0.261 e. The van der Waals surface area contributed by atoms with Crippen molar-refractivity contribution in [2.45, 2.75) is 19.3 Å². The molecule has 0 saturated heterocycles. The van der Waals surface area contributed by atoms with Crippen LogP contribution in [0.3, 0.4) is 0 Å². The lowest BCUT2D eigenvalue weighted by Crippen LogP contribution is -2.30. The first-order chi connectivity index (χ1) is 12.2. The van der Waals surface area contributed by atoms with E-state index in [1.165, 1.54) is 4.90 Å². The molecule has 0 bridgehead atoms. The summed E-state index contributed by atoms with van der Waals surface area (Å²) in [4.78, 5) is 25.8. The van der Waals surface area contributed by atoms with Gasteiger partial charge in [0.05, 0.1) is 17.7 Å². The van der Waals surface area contributed by atoms with Crippen molar-refractivity contribution in [3.05, 3.63) is 59.7 Å². The summed E-state index contributed by atoms with van der Waals surface area (Å²) in [5.41, 5.74) is 2.08. The highest BCUT2D eigenvalue weighted by Crippen LogP contribution is 2.22. The zero-order valence-corrected chi connectivity index (χ0v) is 14.3. The van der Waals surface area contributed by atoms with Crippen LogP contribution in [0.15, 0.2) is 48.5 Å². The van der Waals surface area contributed by atoms with E-state index in [2.05, 4.69) is 5.32 Å². The summed E-state index contributed by atoms with van der Waals surface area (Å²) < 4.78 is 5.70. The average molecular weight is 338 g/mol. The molecule has 0 atom stereocenters. The molecule has 5 nitrogen and oxygen atoms in total. The van der Waals surface area contributed by atoms with Crippen LogP contribution in [0.5, 0.6) is 5.75 Å². The van der Waals surface area contributed by atoms with E-state index >= 15 is 0 Å². The van der Waals surface area contributed by atoms with Crippen molar-refractivity contribution in [1.29, 1.82) is 0 Å². The van der Waals surface area contributed by atoms with E-state index in [1.54, 1.807) is 24.3 Å². The van der Waals surface area contributed by atoms with E-state index in [-0.39, 0.29) is 11.8 Å². The third-order valence-electron chi connectivity index (χ3n) is 4.32. The number of carbonyl (C=O) groups excluding carboxylic acids is 2. The monoisotopic (exact) mass is 338 g/mol. The van der Waals surface area contributed by atoms with Gasteiger partial charge in [-0.2, -0.15) is 0 Å². The van der Waals surface area contributed by atoms with Gasteiger partial charge >= 0.3 is 0 Å². The van der Waals surface area contributed by atoms with Crippen LogP contribution >= 0.6 is 0 Å². The molecule has 0 radical (unpaired) electrons. The summed E-state index contributed by atoms with van der Waals surface area (Å²) in [6.45, 7) is 1.09. The van der Waals surface area contributed by atoms with E-state index in [1.807, 2.05) is 31.3 Å². The number of fused-ring (bicyclic) bond motifs is 1. The smallest absolute Gasteiger partial charge is 0.261 e. The molecule has 5 heteroatoms. The minimum absolute atomic E-state index is 0.179. The maximum absolute atomic E-state index is 12.2. The van der Waals surface area contributed by atoms with Crippen LogP contribution in [-0.2, 0) is 0 Å². The Hall–Kier alpha value is -2.82. The van der Waals surface area contributed by atoms with E-state index in [0.29, 0.717) is 24.3 Å². The Kier molecular flexibility index (Phi) is 5.33. The van der Waals surface area contributed by atoms with Gasteiger partial charge in [-0.05, 0) is 55.7 Å². The van der Waals surface area contributed by atoms with Crippen LogP contribution < -0.4 is 10.1 Å². The normalized spacial score (nSPS) is 13.1. The van der Waals surface area contributed by atoms with Gasteiger partial charge in [-0.15, -0.1) is 0 Å². The first-order valence-corrected chi connectivity index (χ1v) is 8.56. The minimum Gasteiger partial charge on any atom is -0.494 e. The second kappa shape index (κ2) is 7.83. The molecule has 1 aliphatic rings. The fraction of sp³-hybridized carbons (Fsp3) is 0.300. The molecule has 1 heterocycles. The number of rotatable bonds is 8. The van der Waals surface area contributed by atoms with Crippen LogP contribution in [0.1, 0.15) is 40.0 Å². The molecule has 0 unspecified atom stereocenters. The number of carbonyl (C=O) groups is 2. The highest BCUT2D eigenvalue weighted by molar-refractivity contribution is 6.21. The fourth-order valence-corrected chi connectivity index (χ4v) is 2.90. The summed E-state index contributed by atoms with van der Waals surface area (Å²) in [6.07, 6.45) is 2.58. The summed E-state index contributed by atoms with van der Waals surface area (Å²) in [6, 6.07) is 14.8. The van der Waals surface area contributed by atoms with Crippen molar-refractivity contribution in [2.75, 3.05) is 25.5 Å². The van der Waals surface area contributed by atoms with Crippen LogP contribution in [0, 0.1) is 0 Å². The molecule has 25 heavy (non-hydrogen) atoms. The number of hydrogen-bond acceptors (Lipinski definition) is 4. The number of anilines is 1. The highest BCUT2D eigenvalue weighted by atomic mass is 16.5. The minimum atomic E-state index is -0.179. The molecule has 0 fully saturated rings. The second-order valence-electron chi connectivity index (χ2n) is 5.99. The van der Waals surface area contributed by atoms with Gasteiger partial charge in [0.25, 0.3) is 11.8 Å². The molecule has 1 aliphatic heterocycles. The van der Waals surface area contributed by atoms with Crippen LogP contribution in [-0.4, -0.2) is 36.9 Å². The first-order valence-electron chi connectivity index (χ1n) is 8.56. The van der Waals surface area contributed by atoms with E-state index < -0.39 is 0 Å². The number of nitrogens with zero attached hydrogens (tertiary/aromatic N) is 1. The average Bonchev–Trinajstić information content (AvgIpc) is 2.90. The molecule has 3 rings (SSSR count). The highest BCUT2D eigenvalue weighted by Gasteiger charge is 2.34. The van der Waals surface area contributed by atoms with Crippen molar-refractivity contribution in [3.8, 4) is 5.75 Å². The summed E-state index contributed by atoms with van der Waals surface area (Å²) in [5.74, 6) is 0.488. The van der Waals surface area contributed by atoms with Gasteiger partial charge in [-0.1, -0.05) is 12.1 Å². The molecule has 0 saturated carbocycles. The standard InChI is InChI=1S/C20H22N2O3/c1-21-15-9-11-16(12-10-15)25-14-6-2-5-13-22-19(23)17-7-3-4-8-18(17)20(22)24/h3-4,7-12,21H,2,5-6,13-14H2,1H3. The zero-order valence-electron chi connectivity index (χ0n) is 14.3. The Balaban J connectivity index is 1.38. The number of nitrogens with one attached hydrogen (secondary N) is 1. The fourth-order valence-electron chi connectivity index (χ4n) is 2.90. The Morgan fingerprint density at radius 1 is 0.880 bits per heavy atom. The van der Waals surface area contributed by atoms with Crippen LogP contribution in [0.25, 0.3) is 0 Å². The number of unbranched alkanes of at least 4 members (excludes halogenated alkanes) is 2. The number of imide groups is 1. The van der Waals surface area contributed by atoms with Crippen LogP contribution in [0.4, 0.5) is 5.69 Å². The lowest BCUT2D eigenvalue weighted by Gasteiger charge is -2.13. The van der Waals surface area contributed by atoms with Crippen molar-refractivity contribution in [2.24, 2.45) is 0 Å². The summed E-state index contributed by atoms with van der Waals surface area (Å²) >= 11 is 0. The molecule has 0 aliphatic carbocycles. The summed E-state index contributed by atoms with van der Waals surface area (Å²) in [7, 11) is 1.88. The lowest BCUT2D eigenvalue weighted by atomic mass is 10.1. The number of ether oxygens (including phenoxy) is 1. The van der Waals surface area contributed by atoms with Crippen molar-refractivity contribution in [3.63, 3.8) is 0 Å². The Bertz CT molecular complexity index is 721. The molecule has 2 aromatic carbocycles. The van der Waals surface area contributed by atoms with E-state index in [9.17, 15) is 9.59 Å². The SMILES string of the molecule is CNc1ccc(OCCCCCN2C(=O)c3ccccc3C2=O)cc1. The molecule has 130 valence electrons.